The van der Waals surface area contributed by atoms with E-state index in [9.17, 15) is 25.2 Å². The maximum absolute atomic E-state index is 12.8. The molecule has 0 bridgehead atoms. The lowest BCUT2D eigenvalue weighted by molar-refractivity contribution is -0.305. The van der Waals surface area contributed by atoms with E-state index < -0.39 is 43.4 Å². The number of carbonyl (C=O) groups is 1. The molecule has 6 unspecified atom stereocenters. The van der Waals surface area contributed by atoms with Crippen molar-refractivity contribution in [3.05, 3.63) is 48.6 Å². The van der Waals surface area contributed by atoms with Gasteiger partial charge in [0.05, 0.1) is 19.8 Å². The van der Waals surface area contributed by atoms with Crippen LogP contribution in [0.3, 0.4) is 0 Å². The van der Waals surface area contributed by atoms with Crippen LogP contribution < -0.4 is 0 Å². The molecule has 1 fully saturated rings. The predicted molar refractivity (Wildman–Crippen MR) is 265 cm³/mol. The SMILES string of the molecule is CCCCC/C=C\C/C=C\C/C=C\CCCCCCCCC(=O)OC(COCCCCCCCCCCCC/C=C\CCCCCCCCCC)COC1OC(CO)C(O)C(O)C1O. The zero-order chi connectivity index (χ0) is 46.4. The lowest BCUT2D eigenvalue weighted by Gasteiger charge is -2.39. The number of carbonyl (C=O) groups excluding carboxylic acids is 1. The summed E-state index contributed by atoms with van der Waals surface area (Å²) in [7, 11) is 0. The lowest BCUT2D eigenvalue weighted by Crippen LogP contribution is -2.59. The number of ether oxygens (including phenoxy) is 4. The van der Waals surface area contributed by atoms with E-state index in [1.54, 1.807) is 0 Å². The fourth-order valence-electron chi connectivity index (χ4n) is 8.02. The molecule has 374 valence electrons. The molecule has 1 aliphatic rings. The highest BCUT2D eigenvalue weighted by molar-refractivity contribution is 5.69. The highest BCUT2D eigenvalue weighted by atomic mass is 16.7. The van der Waals surface area contributed by atoms with Crippen molar-refractivity contribution in [2.24, 2.45) is 0 Å². The van der Waals surface area contributed by atoms with Gasteiger partial charge in [-0.2, -0.15) is 0 Å². The van der Waals surface area contributed by atoms with Crippen LogP contribution in [0.1, 0.15) is 232 Å². The molecule has 0 saturated carbocycles. The third-order valence-electron chi connectivity index (χ3n) is 12.2. The van der Waals surface area contributed by atoms with Crippen LogP contribution in [0.15, 0.2) is 48.6 Å². The van der Waals surface area contributed by atoms with E-state index >= 15 is 0 Å². The molecule has 4 N–H and O–H groups in total. The van der Waals surface area contributed by atoms with Crippen molar-refractivity contribution >= 4 is 5.97 Å². The molecule has 1 heterocycles. The summed E-state index contributed by atoms with van der Waals surface area (Å²) in [6.45, 7) is 4.54. The quantitative estimate of drug-likeness (QED) is 0.0267. The Labute approximate surface area is 392 Å². The minimum atomic E-state index is -1.54. The van der Waals surface area contributed by atoms with E-state index in [1.807, 2.05) is 0 Å². The molecule has 1 saturated heterocycles. The summed E-state index contributed by atoms with van der Waals surface area (Å²) in [6, 6.07) is 0. The van der Waals surface area contributed by atoms with E-state index in [2.05, 4.69) is 62.5 Å². The van der Waals surface area contributed by atoms with Gasteiger partial charge in [0.2, 0.25) is 0 Å². The van der Waals surface area contributed by atoms with Gasteiger partial charge in [-0.25, -0.2) is 0 Å². The Hall–Kier alpha value is -1.85. The van der Waals surface area contributed by atoms with Crippen LogP contribution in [0, 0.1) is 0 Å². The summed E-state index contributed by atoms with van der Waals surface area (Å²) >= 11 is 0. The molecule has 0 radical (unpaired) electrons. The normalized spacial score (nSPS) is 19.9. The standard InChI is InChI=1S/C55H100O9/c1-3-5-7-9-11-13-15-17-19-21-23-24-25-27-29-31-33-35-37-39-41-43-45-61-47-49(48-62-55-54(60)53(59)52(58)50(46-56)64-55)63-51(57)44-42-40-38-36-34-32-30-28-26-22-20-18-16-14-12-10-8-6-4-2/h12,14,18,20-21,23,26,28,49-50,52-56,58-60H,3-11,13,15-17,19,22,24-25,27,29-48H2,1-2H3/b14-12-,20-18-,23-21-,28-26-. The molecule has 9 heteroatoms. The second-order valence-electron chi connectivity index (χ2n) is 18.3. The number of rotatable bonds is 46. The zero-order valence-corrected chi connectivity index (χ0v) is 41.3. The Balaban J connectivity index is 2.20. The molecule has 0 aromatic rings. The Kier molecular flexibility index (Phi) is 43.5. The maximum Gasteiger partial charge on any atom is 0.306 e. The molecule has 0 aromatic heterocycles. The Morgan fingerprint density at radius 1 is 0.500 bits per heavy atom. The Bertz CT molecular complexity index is 1120. The highest BCUT2D eigenvalue weighted by Gasteiger charge is 2.44. The fraction of sp³-hybridized carbons (Fsp3) is 0.836. The van der Waals surface area contributed by atoms with Crippen molar-refractivity contribution < 1.29 is 44.2 Å². The van der Waals surface area contributed by atoms with Gasteiger partial charge in [0.25, 0.3) is 0 Å². The molecule has 1 rings (SSSR count). The molecule has 64 heavy (non-hydrogen) atoms. The molecular formula is C55H100O9. The molecule has 6 atom stereocenters. The molecule has 0 spiro atoms. The molecular weight excluding hydrogens is 805 g/mol. The number of hydrogen-bond donors (Lipinski definition) is 4. The average Bonchev–Trinajstić information content (AvgIpc) is 3.30. The van der Waals surface area contributed by atoms with Crippen LogP contribution in [0.5, 0.6) is 0 Å². The molecule has 9 nitrogen and oxygen atoms in total. The average molecular weight is 905 g/mol. The summed E-state index contributed by atoms with van der Waals surface area (Å²) < 4.78 is 22.9. The predicted octanol–water partition coefficient (Wildman–Crippen LogP) is 13.3. The summed E-state index contributed by atoms with van der Waals surface area (Å²) in [6.07, 6.45) is 51.4. The van der Waals surface area contributed by atoms with Crippen LogP contribution in [0.4, 0.5) is 0 Å². The minimum absolute atomic E-state index is 0.119. The van der Waals surface area contributed by atoms with Gasteiger partial charge in [-0.1, -0.05) is 197 Å². The van der Waals surface area contributed by atoms with Crippen molar-refractivity contribution in [1.82, 2.24) is 0 Å². The van der Waals surface area contributed by atoms with E-state index in [0.29, 0.717) is 13.0 Å². The highest BCUT2D eigenvalue weighted by Crippen LogP contribution is 2.23. The van der Waals surface area contributed by atoms with E-state index in [0.717, 1.165) is 57.8 Å². The number of esters is 1. The zero-order valence-electron chi connectivity index (χ0n) is 41.3. The maximum atomic E-state index is 12.8. The van der Waals surface area contributed by atoms with Crippen molar-refractivity contribution in [2.75, 3.05) is 26.4 Å². The van der Waals surface area contributed by atoms with Crippen LogP contribution in [0.25, 0.3) is 0 Å². The van der Waals surface area contributed by atoms with Crippen LogP contribution in [0.2, 0.25) is 0 Å². The third kappa shape index (κ3) is 36.3. The summed E-state index contributed by atoms with van der Waals surface area (Å²) in [4.78, 5) is 12.8. The van der Waals surface area contributed by atoms with Gasteiger partial charge < -0.3 is 39.4 Å². The van der Waals surface area contributed by atoms with Crippen molar-refractivity contribution in [2.45, 2.75) is 269 Å². The molecule has 1 aliphatic heterocycles. The first-order valence-corrected chi connectivity index (χ1v) is 26.7. The van der Waals surface area contributed by atoms with Gasteiger partial charge in [-0.05, 0) is 77.0 Å². The number of aliphatic hydroxyl groups is 4. The number of hydrogen-bond acceptors (Lipinski definition) is 9. The summed E-state index contributed by atoms with van der Waals surface area (Å²) in [5.74, 6) is -0.325. The van der Waals surface area contributed by atoms with Crippen molar-refractivity contribution in [3.8, 4) is 0 Å². The van der Waals surface area contributed by atoms with Crippen LogP contribution >= 0.6 is 0 Å². The van der Waals surface area contributed by atoms with Gasteiger partial charge in [0, 0.05) is 13.0 Å². The first kappa shape index (κ1) is 60.2. The second-order valence-corrected chi connectivity index (χ2v) is 18.3. The van der Waals surface area contributed by atoms with E-state index in [1.165, 1.54) is 154 Å². The largest absolute Gasteiger partial charge is 0.457 e. The van der Waals surface area contributed by atoms with Gasteiger partial charge in [0.15, 0.2) is 6.29 Å². The summed E-state index contributed by atoms with van der Waals surface area (Å²) in [5.41, 5.74) is 0. The topological polar surface area (TPSA) is 135 Å². The van der Waals surface area contributed by atoms with E-state index in [4.69, 9.17) is 18.9 Å². The fourth-order valence-corrected chi connectivity index (χ4v) is 8.02. The number of unbranched alkanes of at least 4 members (excludes halogenated alkanes) is 27. The van der Waals surface area contributed by atoms with Crippen LogP contribution in [-0.2, 0) is 23.7 Å². The monoisotopic (exact) mass is 905 g/mol. The van der Waals surface area contributed by atoms with Crippen LogP contribution in [-0.4, -0.2) is 89.6 Å². The lowest BCUT2D eigenvalue weighted by atomic mass is 9.99. The van der Waals surface area contributed by atoms with Gasteiger partial charge in [-0.3, -0.25) is 4.79 Å². The minimum Gasteiger partial charge on any atom is -0.457 e. The van der Waals surface area contributed by atoms with Gasteiger partial charge in [0.1, 0.15) is 30.5 Å². The molecule has 0 amide bonds. The smallest absolute Gasteiger partial charge is 0.306 e. The van der Waals surface area contributed by atoms with Crippen molar-refractivity contribution in [3.63, 3.8) is 0 Å². The second kappa shape index (κ2) is 46.3. The number of aliphatic hydroxyl groups excluding tert-OH is 4. The van der Waals surface area contributed by atoms with Gasteiger partial charge >= 0.3 is 5.97 Å². The Morgan fingerprint density at radius 3 is 1.41 bits per heavy atom. The van der Waals surface area contributed by atoms with Gasteiger partial charge in [-0.15, -0.1) is 0 Å². The summed E-state index contributed by atoms with van der Waals surface area (Å²) in [5, 5.41) is 40.3. The molecule has 0 aliphatic carbocycles. The first-order chi connectivity index (χ1) is 31.4. The van der Waals surface area contributed by atoms with Crippen molar-refractivity contribution in [1.29, 1.82) is 0 Å². The van der Waals surface area contributed by atoms with E-state index in [-0.39, 0.29) is 19.2 Å². The third-order valence-corrected chi connectivity index (χ3v) is 12.2. The first-order valence-electron chi connectivity index (χ1n) is 26.7. The Morgan fingerprint density at radius 2 is 0.906 bits per heavy atom. The molecule has 0 aromatic carbocycles. The number of allylic oxidation sites excluding steroid dienone is 8.